The van der Waals surface area contributed by atoms with Gasteiger partial charge in [-0.05, 0) is 49.3 Å². The highest BCUT2D eigenvalue weighted by atomic mass is 35.5. The van der Waals surface area contributed by atoms with Crippen LogP contribution < -0.4 is 0 Å². The van der Waals surface area contributed by atoms with E-state index < -0.39 is 5.60 Å². The molecule has 1 atom stereocenters. The van der Waals surface area contributed by atoms with Crippen LogP contribution >= 0.6 is 11.6 Å². The summed E-state index contributed by atoms with van der Waals surface area (Å²) in [5, 5.41) is 16.0. The highest BCUT2D eigenvalue weighted by Gasteiger charge is 2.36. The highest BCUT2D eigenvalue weighted by Crippen LogP contribution is 2.38. The van der Waals surface area contributed by atoms with Crippen molar-refractivity contribution in [1.29, 1.82) is 0 Å². The molecule has 0 radical (unpaired) electrons. The van der Waals surface area contributed by atoms with Gasteiger partial charge in [0.15, 0.2) is 0 Å². The van der Waals surface area contributed by atoms with Crippen LogP contribution in [0.4, 0.5) is 0 Å². The molecule has 4 nitrogen and oxygen atoms in total. The second-order valence-corrected chi connectivity index (χ2v) is 5.90. The standard InChI is InChI=1S/C15H18ClN3O/c16-13-6-4-12(5-7-13)14-3-1-2-8-15(14,20)9-19-11-17-10-18-19/h4,6-7,10-11,20H,1-3,5,8-9H2. The van der Waals surface area contributed by atoms with Crippen LogP contribution in [0.1, 0.15) is 32.1 Å². The molecule has 2 aliphatic carbocycles. The summed E-state index contributed by atoms with van der Waals surface area (Å²) in [7, 11) is 0. The fourth-order valence-electron chi connectivity index (χ4n) is 3.07. The number of hydrogen-bond acceptors (Lipinski definition) is 3. The van der Waals surface area contributed by atoms with Gasteiger partial charge >= 0.3 is 0 Å². The summed E-state index contributed by atoms with van der Waals surface area (Å²) in [4.78, 5) is 3.95. The van der Waals surface area contributed by atoms with Gasteiger partial charge in [-0.2, -0.15) is 5.10 Å². The smallest absolute Gasteiger partial charge is 0.137 e. The molecule has 0 amide bonds. The van der Waals surface area contributed by atoms with Gasteiger partial charge in [0.05, 0.1) is 6.54 Å². The molecule has 1 N–H and O–H groups in total. The third-order valence-corrected chi connectivity index (χ3v) is 4.35. The first-order valence-electron chi connectivity index (χ1n) is 6.98. The topological polar surface area (TPSA) is 50.9 Å². The van der Waals surface area contributed by atoms with E-state index in [-0.39, 0.29) is 0 Å². The molecule has 1 saturated carbocycles. The minimum atomic E-state index is -0.816. The predicted octanol–water partition coefficient (Wildman–Crippen LogP) is 2.96. The first-order chi connectivity index (χ1) is 9.67. The Balaban J connectivity index is 1.91. The van der Waals surface area contributed by atoms with Gasteiger partial charge in [-0.1, -0.05) is 23.8 Å². The van der Waals surface area contributed by atoms with Crippen LogP contribution in [0.25, 0.3) is 0 Å². The highest BCUT2D eigenvalue weighted by molar-refractivity contribution is 6.31. The van der Waals surface area contributed by atoms with Gasteiger partial charge in [-0.3, -0.25) is 0 Å². The molecule has 1 heterocycles. The molecule has 1 aromatic heterocycles. The van der Waals surface area contributed by atoms with Gasteiger partial charge in [0.1, 0.15) is 18.3 Å². The Kier molecular flexibility index (Phi) is 3.76. The third kappa shape index (κ3) is 2.72. The third-order valence-electron chi connectivity index (χ3n) is 4.07. The average Bonchev–Trinajstić information content (AvgIpc) is 2.93. The maximum absolute atomic E-state index is 11.1. The van der Waals surface area contributed by atoms with E-state index in [0.717, 1.165) is 42.7 Å². The van der Waals surface area contributed by atoms with Crippen molar-refractivity contribution >= 4 is 11.6 Å². The summed E-state index contributed by atoms with van der Waals surface area (Å²) in [5.74, 6) is 0. The summed E-state index contributed by atoms with van der Waals surface area (Å²) < 4.78 is 1.71. The molecule has 3 rings (SSSR count). The van der Waals surface area contributed by atoms with E-state index in [9.17, 15) is 5.11 Å². The molecule has 1 aromatic rings. The second-order valence-electron chi connectivity index (χ2n) is 5.46. The zero-order chi connectivity index (χ0) is 14.0. The largest absolute Gasteiger partial charge is 0.384 e. The number of aliphatic hydroxyl groups is 1. The van der Waals surface area contributed by atoms with Gasteiger partial charge in [-0.15, -0.1) is 0 Å². The average molecular weight is 292 g/mol. The summed E-state index contributed by atoms with van der Waals surface area (Å²) in [6, 6.07) is 0. The normalized spacial score (nSPS) is 30.4. The van der Waals surface area contributed by atoms with Crippen LogP contribution in [0, 0.1) is 0 Å². The monoisotopic (exact) mass is 291 g/mol. The summed E-state index contributed by atoms with van der Waals surface area (Å²) in [6.45, 7) is 0.469. The molecular formula is C15H18ClN3O. The molecular weight excluding hydrogens is 274 g/mol. The Morgan fingerprint density at radius 3 is 2.95 bits per heavy atom. The summed E-state index contributed by atoms with van der Waals surface area (Å²) >= 11 is 5.97. The van der Waals surface area contributed by atoms with Gasteiger partial charge in [0.2, 0.25) is 0 Å². The number of halogens is 1. The number of aromatic nitrogens is 3. The quantitative estimate of drug-likeness (QED) is 0.911. The number of allylic oxidation sites excluding steroid dienone is 5. The van der Waals surface area contributed by atoms with Gasteiger partial charge in [0, 0.05) is 5.03 Å². The Hall–Kier alpha value is -1.39. The molecule has 1 unspecified atom stereocenters. The van der Waals surface area contributed by atoms with Crippen molar-refractivity contribution in [3.8, 4) is 0 Å². The lowest BCUT2D eigenvalue weighted by molar-refractivity contribution is 0.0302. The predicted molar refractivity (Wildman–Crippen MR) is 78.2 cm³/mol. The van der Waals surface area contributed by atoms with Crippen molar-refractivity contribution in [3.63, 3.8) is 0 Å². The number of rotatable bonds is 2. The van der Waals surface area contributed by atoms with Crippen LogP contribution in [-0.2, 0) is 6.54 Å². The SMILES string of the molecule is OC1(Cn2cncn2)CCCCC1=C1C=CC(Cl)=CC1. The first-order valence-corrected chi connectivity index (χ1v) is 7.36. The van der Waals surface area contributed by atoms with E-state index in [1.807, 2.05) is 18.2 Å². The number of nitrogens with zero attached hydrogens (tertiary/aromatic N) is 3. The maximum Gasteiger partial charge on any atom is 0.137 e. The van der Waals surface area contributed by atoms with Crippen molar-refractivity contribution in [3.05, 3.63) is 47.1 Å². The molecule has 0 saturated heterocycles. The van der Waals surface area contributed by atoms with Crippen LogP contribution in [0.3, 0.4) is 0 Å². The molecule has 2 aliphatic rings. The Labute approximate surface area is 123 Å². The molecule has 0 aliphatic heterocycles. The van der Waals surface area contributed by atoms with Gasteiger partial charge in [-0.25, -0.2) is 9.67 Å². The van der Waals surface area contributed by atoms with Crippen LogP contribution in [0.5, 0.6) is 0 Å². The van der Waals surface area contributed by atoms with E-state index in [1.165, 1.54) is 11.9 Å². The zero-order valence-electron chi connectivity index (χ0n) is 11.3. The van der Waals surface area contributed by atoms with Crippen molar-refractivity contribution < 1.29 is 5.11 Å². The number of hydrogen-bond donors (Lipinski definition) is 1. The Morgan fingerprint density at radius 2 is 2.25 bits per heavy atom. The van der Waals surface area contributed by atoms with E-state index in [0.29, 0.717) is 6.54 Å². The van der Waals surface area contributed by atoms with Crippen molar-refractivity contribution in [1.82, 2.24) is 14.8 Å². The fraction of sp³-hybridized carbons (Fsp3) is 0.467. The lowest BCUT2D eigenvalue weighted by Gasteiger charge is -2.36. The van der Waals surface area contributed by atoms with Crippen LogP contribution in [0.15, 0.2) is 47.1 Å². The van der Waals surface area contributed by atoms with E-state index in [4.69, 9.17) is 11.6 Å². The Bertz CT molecular complexity index is 574. The van der Waals surface area contributed by atoms with Crippen molar-refractivity contribution in [2.75, 3.05) is 0 Å². The van der Waals surface area contributed by atoms with Crippen LogP contribution in [-0.4, -0.2) is 25.5 Å². The summed E-state index contributed by atoms with van der Waals surface area (Å²) in [6.07, 6.45) is 13.8. The minimum absolute atomic E-state index is 0.469. The maximum atomic E-state index is 11.1. The van der Waals surface area contributed by atoms with E-state index in [1.54, 1.807) is 11.0 Å². The Morgan fingerprint density at radius 1 is 1.35 bits per heavy atom. The lowest BCUT2D eigenvalue weighted by Crippen LogP contribution is -2.39. The minimum Gasteiger partial charge on any atom is -0.384 e. The van der Waals surface area contributed by atoms with E-state index >= 15 is 0 Å². The molecule has 1 fully saturated rings. The molecule has 106 valence electrons. The second kappa shape index (κ2) is 5.54. The van der Waals surface area contributed by atoms with Crippen LogP contribution in [0.2, 0.25) is 0 Å². The lowest BCUT2D eigenvalue weighted by atomic mass is 9.76. The van der Waals surface area contributed by atoms with Crippen molar-refractivity contribution in [2.45, 2.75) is 44.2 Å². The fourth-order valence-corrected chi connectivity index (χ4v) is 3.21. The van der Waals surface area contributed by atoms with Gasteiger partial charge in [0.25, 0.3) is 0 Å². The first kappa shape index (κ1) is 13.6. The molecule has 0 bridgehead atoms. The van der Waals surface area contributed by atoms with Crippen molar-refractivity contribution in [2.24, 2.45) is 0 Å². The molecule has 20 heavy (non-hydrogen) atoms. The zero-order valence-corrected chi connectivity index (χ0v) is 12.1. The van der Waals surface area contributed by atoms with Gasteiger partial charge < -0.3 is 5.11 Å². The summed E-state index contributed by atoms with van der Waals surface area (Å²) in [5.41, 5.74) is 1.51. The van der Waals surface area contributed by atoms with E-state index in [2.05, 4.69) is 10.1 Å². The molecule has 0 spiro atoms. The molecule has 0 aromatic carbocycles. The molecule has 5 heteroatoms.